The Bertz CT molecular complexity index is 395. The maximum atomic E-state index is 5.60. The SMILES string of the molecule is CC(C)CNCC1CC12CCCc1occc12. The Morgan fingerprint density at radius 2 is 2.41 bits per heavy atom. The lowest BCUT2D eigenvalue weighted by molar-refractivity contribution is 0.417. The lowest BCUT2D eigenvalue weighted by Crippen LogP contribution is -2.26. The molecule has 94 valence electrons. The highest BCUT2D eigenvalue weighted by Crippen LogP contribution is 2.60. The molecule has 1 fully saturated rings. The van der Waals surface area contributed by atoms with Gasteiger partial charge in [0.1, 0.15) is 5.76 Å². The third-order valence-electron chi connectivity index (χ3n) is 4.48. The van der Waals surface area contributed by atoms with Crippen LogP contribution in [0.4, 0.5) is 0 Å². The number of hydrogen-bond donors (Lipinski definition) is 1. The van der Waals surface area contributed by atoms with Crippen molar-refractivity contribution in [2.45, 2.75) is 44.9 Å². The number of nitrogens with one attached hydrogen (secondary N) is 1. The van der Waals surface area contributed by atoms with Gasteiger partial charge in [0.25, 0.3) is 0 Å². The third kappa shape index (κ3) is 1.93. The lowest BCUT2D eigenvalue weighted by atomic mass is 9.82. The second kappa shape index (κ2) is 4.16. The molecule has 17 heavy (non-hydrogen) atoms. The average molecular weight is 233 g/mol. The van der Waals surface area contributed by atoms with Crippen LogP contribution in [0.15, 0.2) is 16.7 Å². The van der Waals surface area contributed by atoms with Crippen molar-refractivity contribution in [3.8, 4) is 0 Å². The summed E-state index contributed by atoms with van der Waals surface area (Å²) < 4.78 is 5.60. The summed E-state index contributed by atoms with van der Waals surface area (Å²) in [5.74, 6) is 2.86. The Labute approximate surface area is 104 Å². The van der Waals surface area contributed by atoms with Crippen LogP contribution in [-0.2, 0) is 11.8 Å². The third-order valence-corrected chi connectivity index (χ3v) is 4.48. The number of hydrogen-bond acceptors (Lipinski definition) is 2. The molecule has 0 radical (unpaired) electrons. The quantitative estimate of drug-likeness (QED) is 0.864. The van der Waals surface area contributed by atoms with Crippen LogP contribution in [0.1, 0.15) is 44.4 Å². The molecular weight excluding hydrogens is 210 g/mol. The topological polar surface area (TPSA) is 25.2 Å². The van der Waals surface area contributed by atoms with Crippen molar-refractivity contribution in [2.75, 3.05) is 13.1 Å². The normalized spacial score (nSPS) is 30.9. The summed E-state index contributed by atoms with van der Waals surface area (Å²) in [6.45, 7) is 6.86. The summed E-state index contributed by atoms with van der Waals surface area (Å²) in [5.41, 5.74) is 2.02. The van der Waals surface area contributed by atoms with Gasteiger partial charge in [-0.2, -0.15) is 0 Å². The summed E-state index contributed by atoms with van der Waals surface area (Å²) in [6.07, 6.45) is 7.07. The first kappa shape index (κ1) is 11.3. The van der Waals surface area contributed by atoms with E-state index in [0.717, 1.165) is 24.8 Å². The highest BCUT2D eigenvalue weighted by atomic mass is 16.3. The molecule has 2 atom stereocenters. The smallest absolute Gasteiger partial charge is 0.107 e. The van der Waals surface area contributed by atoms with Crippen LogP contribution in [0.3, 0.4) is 0 Å². The van der Waals surface area contributed by atoms with Gasteiger partial charge in [-0.25, -0.2) is 0 Å². The first-order valence-corrected chi connectivity index (χ1v) is 7.00. The fourth-order valence-corrected chi connectivity index (χ4v) is 3.51. The van der Waals surface area contributed by atoms with Gasteiger partial charge in [0, 0.05) is 17.4 Å². The van der Waals surface area contributed by atoms with E-state index >= 15 is 0 Å². The molecule has 2 heteroatoms. The molecule has 0 saturated heterocycles. The van der Waals surface area contributed by atoms with E-state index in [1.54, 1.807) is 0 Å². The van der Waals surface area contributed by atoms with Crippen LogP contribution >= 0.6 is 0 Å². The Morgan fingerprint density at radius 1 is 1.53 bits per heavy atom. The van der Waals surface area contributed by atoms with Crippen molar-refractivity contribution in [1.29, 1.82) is 0 Å². The Balaban J connectivity index is 1.63. The van der Waals surface area contributed by atoms with Crippen molar-refractivity contribution in [2.24, 2.45) is 11.8 Å². The first-order chi connectivity index (χ1) is 8.22. The lowest BCUT2D eigenvalue weighted by Gasteiger charge is -2.22. The molecule has 1 aromatic heterocycles. The zero-order valence-electron chi connectivity index (χ0n) is 11.0. The number of fused-ring (bicyclic) bond motifs is 2. The summed E-state index contributed by atoms with van der Waals surface area (Å²) in [5, 5.41) is 3.61. The minimum atomic E-state index is 0.491. The van der Waals surface area contributed by atoms with Crippen molar-refractivity contribution < 1.29 is 4.42 Å². The molecule has 0 aliphatic heterocycles. The Morgan fingerprint density at radius 3 is 3.24 bits per heavy atom. The fraction of sp³-hybridized carbons (Fsp3) is 0.733. The molecule has 2 aliphatic carbocycles. The molecule has 2 nitrogen and oxygen atoms in total. The second-order valence-corrected chi connectivity index (χ2v) is 6.22. The Kier molecular flexibility index (Phi) is 2.78. The molecule has 1 spiro atoms. The highest BCUT2D eigenvalue weighted by molar-refractivity contribution is 5.38. The van der Waals surface area contributed by atoms with E-state index in [4.69, 9.17) is 4.42 Å². The molecule has 1 N–H and O–H groups in total. The predicted octanol–water partition coefficient (Wildman–Crippen LogP) is 3.12. The summed E-state index contributed by atoms with van der Waals surface area (Å²) >= 11 is 0. The van der Waals surface area contributed by atoms with Crippen LogP contribution in [0, 0.1) is 11.8 Å². The van der Waals surface area contributed by atoms with Gasteiger partial charge in [-0.05, 0) is 50.3 Å². The van der Waals surface area contributed by atoms with E-state index in [-0.39, 0.29) is 0 Å². The zero-order valence-corrected chi connectivity index (χ0v) is 11.0. The van der Waals surface area contributed by atoms with Gasteiger partial charge < -0.3 is 9.73 Å². The molecular formula is C15H23NO. The highest BCUT2D eigenvalue weighted by Gasteiger charge is 2.56. The molecule has 0 aromatic carbocycles. The molecule has 1 heterocycles. The van der Waals surface area contributed by atoms with Gasteiger partial charge in [0.05, 0.1) is 6.26 Å². The monoisotopic (exact) mass is 233 g/mol. The van der Waals surface area contributed by atoms with Crippen molar-refractivity contribution >= 4 is 0 Å². The predicted molar refractivity (Wildman–Crippen MR) is 69.1 cm³/mol. The first-order valence-electron chi connectivity index (χ1n) is 7.00. The van der Waals surface area contributed by atoms with Gasteiger partial charge in [-0.1, -0.05) is 13.8 Å². The molecule has 2 unspecified atom stereocenters. The van der Waals surface area contributed by atoms with Crippen molar-refractivity contribution in [3.05, 3.63) is 23.7 Å². The maximum absolute atomic E-state index is 5.60. The second-order valence-electron chi connectivity index (χ2n) is 6.22. The molecule has 2 aliphatic rings. The van der Waals surface area contributed by atoms with Crippen LogP contribution in [0.5, 0.6) is 0 Å². The van der Waals surface area contributed by atoms with Gasteiger partial charge in [-0.15, -0.1) is 0 Å². The molecule has 1 saturated carbocycles. The number of furan rings is 1. The van der Waals surface area contributed by atoms with Crippen molar-refractivity contribution in [1.82, 2.24) is 5.32 Å². The van der Waals surface area contributed by atoms with Crippen LogP contribution in [0.25, 0.3) is 0 Å². The standard InChI is InChI=1S/C15H23NO/c1-11(2)9-16-10-12-8-15(12)6-3-4-14-13(15)5-7-17-14/h5,7,11-12,16H,3-4,6,8-10H2,1-2H3. The largest absolute Gasteiger partial charge is 0.469 e. The van der Waals surface area contributed by atoms with Gasteiger partial charge >= 0.3 is 0 Å². The van der Waals surface area contributed by atoms with E-state index in [1.807, 2.05) is 6.26 Å². The van der Waals surface area contributed by atoms with E-state index in [9.17, 15) is 0 Å². The van der Waals surface area contributed by atoms with E-state index < -0.39 is 0 Å². The summed E-state index contributed by atoms with van der Waals surface area (Å²) in [7, 11) is 0. The number of aryl methyl sites for hydroxylation is 1. The van der Waals surface area contributed by atoms with Gasteiger partial charge in [-0.3, -0.25) is 0 Å². The molecule has 1 aromatic rings. The minimum absolute atomic E-state index is 0.491. The molecule has 0 amide bonds. The average Bonchev–Trinajstić information content (AvgIpc) is 2.75. The molecule has 3 rings (SSSR count). The van der Waals surface area contributed by atoms with Crippen molar-refractivity contribution in [3.63, 3.8) is 0 Å². The van der Waals surface area contributed by atoms with E-state index in [0.29, 0.717) is 5.41 Å². The van der Waals surface area contributed by atoms with E-state index in [1.165, 1.54) is 37.1 Å². The van der Waals surface area contributed by atoms with Crippen LogP contribution < -0.4 is 5.32 Å². The number of rotatable bonds is 4. The van der Waals surface area contributed by atoms with Crippen LogP contribution in [0.2, 0.25) is 0 Å². The zero-order chi connectivity index (χ0) is 11.9. The van der Waals surface area contributed by atoms with Gasteiger partial charge in [0.2, 0.25) is 0 Å². The summed E-state index contributed by atoms with van der Waals surface area (Å²) in [4.78, 5) is 0. The fourth-order valence-electron chi connectivity index (χ4n) is 3.51. The minimum Gasteiger partial charge on any atom is -0.469 e. The molecule has 0 bridgehead atoms. The maximum Gasteiger partial charge on any atom is 0.107 e. The van der Waals surface area contributed by atoms with E-state index in [2.05, 4.69) is 25.2 Å². The van der Waals surface area contributed by atoms with Gasteiger partial charge in [0.15, 0.2) is 0 Å². The summed E-state index contributed by atoms with van der Waals surface area (Å²) in [6, 6.07) is 2.22. The van der Waals surface area contributed by atoms with Crippen LogP contribution in [-0.4, -0.2) is 13.1 Å². The Hall–Kier alpha value is -0.760.